The average Bonchev–Trinajstić information content (AvgIpc) is 2.64. The summed E-state index contributed by atoms with van der Waals surface area (Å²) in [6.07, 6.45) is 3.99. The minimum absolute atomic E-state index is 0.0422. The van der Waals surface area contributed by atoms with Crippen molar-refractivity contribution in [3.8, 4) is 0 Å². The molecule has 1 aromatic carbocycles. The maximum atomic E-state index is 12.2. The Labute approximate surface area is 167 Å². The fraction of sp³-hybridized carbons (Fsp3) is 0.591. The number of ether oxygens (including phenoxy) is 1. The molecule has 0 spiro atoms. The number of hydrogen-bond donors (Lipinski definition) is 0. The Morgan fingerprint density at radius 3 is 2.39 bits per heavy atom. The van der Waals surface area contributed by atoms with Crippen LogP contribution >= 0.6 is 0 Å². The van der Waals surface area contributed by atoms with E-state index in [0.717, 1.165) is 24.0 Å². The van der Waals surface area contributed by atoms with E-state index in [1.807, 2.05) is 24.3 Å². The van der Waals surface area contributed by atoms with Crippen LogP contribution < -0.4 is 0 Å². The summed E-state index contributed by atoms with van der Waals surface area (Å²) in [6.45, 7) is 6.16. The highest BCUT2D eigenvalue weighted by Crippen LogP contribution is 2.13. The molecule has 0 radical (unpaired) electrons. The topological polar surface area (TPSA) is 66.9 Å². The average molecular weight is 389 g/mol. The van der Waals surface area contributed by atoms with Gasteiger partial charge in [-0.3, -0.25) is 19.3 Å². The first-order valence-corrected chi connectivity index (χ1v) is 10.1. The Morgan fingerprint density at radius 2 is 1.82 bits per heavy atom. The number of β-lactam (4-membered cyclic amide) rings is 1. The molecule has 1 aliphatic heterocycles. The summed E-state index contributed by atoms with van der Waals surface area (Å²) in [5.41, 5.74) is 1.86. The number of imide groups is 1. The van der Waals surface area contributed by atoms with Crippen molar-refractivity contribution in [2.45, 2.75) is 52.5 Å². The molecular weight excluding hydrogens is 356 g/mol. The molecule has 0 bridgehead atoms. The zero-order chi connectivity index (χ0) is 20.5. The Hall–Kier alpha value is -2.21. The molecule has 28 heavy (non-hydrogen) atoms. The van der Waals surface area contributed by atoms with Crippen molar-refractivity contribution in [1.29, 1.82) is 0 Å². The zero-order valence-electron chi connectivity index (χ0n) is 17.3. The fourth-order valence-electron chi connectivity index (χ4n) is 3.00. The van der Waals surface area contributed by atoms with E-state index in [0.29, 0.717) is 32.0 Å². The molecule has 2 rings (SSSR count). The van der Waals surface area contributed by atoms with Crippen LogP contribution in [0.4, 0.5) is 0 Å². The lowest BCUT2D eigenvalue weighted by atomic mass is 10.1. The first-order chi connectivity index (χ1) is 13.4. The van der Waals surface area contributed by atoms with E-state index >= 15 is 0 Å². The van der Waals surface area contributed by atoms with Crippen molar-refractivity contribution < 1.29 is 19.1 Å². The molecule has 0 unspecified atom stereocenters. The van der Waals surface area contributed by atoms with Crippen LogP contribution in [0.15, 0.2) is 24.3 Å². The molecule has 0 atom stereocenters. The van der Waals surface area contributed by atoms with E-state index < -0.39 is 0 Å². The van der Waals surface area contributed by atoms with E-state index in [-0.39, 0.29) is 30.7 Å². The van der Waals surface area contributed by atoms with Crippen LogP contribution in [-0.2, 0) is 32.1 Å². The summed E-state index contributed by atoms with van der Waals surface area (Å²) in [5, 5.41) is 0. The lowest BCUT2D eigenvalue weighted by Gasteiger charge is -2.28. The molecule has 6 heteroatoms. The van der Waals surface area contributed by atoms with Gasteiger partial charge in [-0.05, 0) is 23.5 Å². The number of carbonyl (C=O) groups is 3. The summed E-state index contributed by atoms with van der Waals surface area (Å²) < 4.78 is 5.49. The predicted molar refractivity (Wildman–Crippen MR) is 107 cm³/mol. The van der Waals surface area contributed by atoms with Gasteiger partial charge in [-0.15, -0.1) is 0 Å². The predicted octanol–water partition coefficient (Wildman–Crippen LogP) is 2.79. The van der Waals surface area contributed by atoms with E-state index in [1.54, 1.807) is 11.9 Å². The summed E-state index contributed by atoms with van der Waals surface area (Å²) in [7, 11) is 1.76. The number of likely N-dealkylation sites (N-methyl/N-ethyl adjacent to an activating group) is 1. The minimum atomic E-state index is -0.151. The van der Waals surface area contributed by atoms with Gasteiger partial charge in [0, 0.05) is 33.2 Å². The van der Waals surface area contributed by atoms with Gasteiger partial charge in [0.15, 0.2) is 0 Å². The number of benzene rings is 1. The number of carbonyl (C=O) groups excluding carboxylic acids is 3. The van der Waals surface area contributed by atoms with Crippen molar-refractivity contribution in [2.24, 2.45) is 5.92 Å². The van der Waals surface area contributed by atoms with Gasteiger partial charge >= 0.3 is 0 Å². The maximum Gasteiger partial charge on any atom is 0.248 e. The molecule has 1 heterocycles. The molecule has 154 valence electrons. The fourth-order valence-corrected chi connectivity index (χ4v) is 3.00. The van der Waals surface area contributed by atoms with Gasteiger partial charge in [-0.1, -0.05) is 51.0 Å². The molecule has 1 fully saturated rings. The molecule has 0 aliphatic carbocycles. The number of nitrogens with zero attached hydrogens (tertiary/aromatic N) is 2. The van der Waals surface area contributed by atoms with E-state index in [2.05, 4.69) is 13.8 Å². The van der Waals surface area contributed by atoms with Gasteiger partial charge in [-0.25, -0.2) is 0 Å². The lowest BCUT2D eigenvalue weighted by molar-refractivity contribution is -0.151. The van der Waals surface area contributed by atoms with Crippen LogP contribution in [0.5, 0.6) is 0 Å². The molecule has 6 nitrogen and oxygen atoms in total. The Morgan fingerprint density at radius 1 is 1.14 bits per heavy atom. The zero-order valence-corrected chi connectivity index (χ0v) is 17.3. The van der Waals surface area contributed by atoms with E-state index in [4.69, 9.17) is 4.74 Å². The van der Waals surface area contributed by atoms with Crippen molar-refractivity contribution in [3.63, 3.8) is 0 Å². The molecule has 0 N–H and O–H groups in total. The molecule has 0 saturated carbocycles. The maximum absolute atomic E-state index is 12.2. The monoisotopic (exact) mass is 388 g/mol. The highest BCUT2D eigenvalue weighted by Gasteiger charge is 2.29. The normalized spacial score (nSPS) is 13.6. The van der Waals surface area contributed by atoms with Gasteiger partial charge < -0.3 is 9.64 Å². The third-order valence-corrected chi connectivity index (χ3v) is 4.92. The summed E-state index contributed by atoms with van der Waals surface area (Å²) >= 11 is 0. The summed E-state index contributed by atoms with van der Waals surface area (Å²) in [4.78, 5) is 38.4. The van der Waals surface area contributed by atoms with Gasteiger partial charge in [0.05, 0.1) is 6.42 Å². The lowest BCUT2D eigenvalue weighted by Crippen LogP contribution is -2.48. The Kier molecular flexibility index (Phi) is 8.64. The second kappa shape index (κ2) is 11.0. The standard InChI is InChI=1S/C22H32N2O4/c1-17(2)6-4-5-13-28-16-22(27)23(3)15-19-9-7-18(8-10-19)14-21(26)24-12-11-20(24)25/h7-10,17H,4-6,11-16H2,1-3H3. The molecule has 1 aliphatic rings. The van der Waals surface area contributed by atoms with Crippen molar-refractivity contribution in [2.75, 3.05) is 26.8 Å². The molecule has 3 amide bonds. The highest BCUT2D eigenvalue weighted by atomic mass is 16.5. The van der Waals surface area contributed by atoms with Gasteiger partial charge in [-0.2, -0.15) is 0 Å². The first-order valence-electron chi connectivity index (χ1n) is 10.1. The van der Waals surface area contributed by atoms with Crippen molar-refractivity contribution in [1.82, 2.24) is 9.80 Å². The Balaban J connectivity index is 1.68. The third kappa shape index (κ3) is 7.08. The SMILES string of the molecule is CC(C)CCCCOCC(=O)N(C)Cc1ccc(CC(=O)N2CCC2=O)cc1. The quantitative estimate of drug-likeness (QED) is 0.432. The largest absolute Gasteiger partial charge is 0.372 e. The number of likely N-dealkylation sites (tertiary alicyclic amines) is 1. The van der Waals surface area contributed by atoms with E-state index in [1.165, 1.54) is 11.3 Å². The second-order valence-corrected chi connectivity index (χ2v) is 7.87. The van der Waals surface area contributed by atoms with E-state index in [9.17, 15) is 14.4 Å². The van der Waals surface area contributed by atoms with Gasteiger partial charge in [0.1, 0.15) is 6.61 Å². The van der Waals surface area contributed by atoms with Crippen LogP contribution in [-0.4, -0.2) is 54.3 Å². The number of unbranched alkanes of at least 4 members (excludes halogenated alkanes) is 1. The van der Waals surface area contributed by atoms with Crippen LogP contribution in [0.25, 0.3) is 0 Å². The summed E-state index contributed by atoms with van der Waals surface area (Å²) in [6, 6.07) is 7.58. The number of rotatable bonds is 11. The first kappa shape index (κ1) is 22.1. The van der Waals surface area contributed by atoms with Crippen LogP contribution in [0.2, 0.25) is 0 Å². The van der Waals surface area contributed by atoms with Crippen LogP contribution in [0.1, 0.15) is 50.7 Å². The molecule has 0 aromatic heterocycles. The highest BCUT2D eigenvalue weighted by molar-refractivity contribution is 6.00. The number of amides is 3. The summed E-state index contributed by atoms with van der Waals surface area (Å²) in [5.74, 6) is 0.417. The third-order valence-electron chi connectivity index (χ3n) is 4.92. The molecule has 1 aromatic rings. The van der Waals surface area contributed by atoms with Gasteiger partial charge in [0.2, 0.25) is 17.7 Å². The number of hydrogen-bond acceptors (Lipinski definition) is 4. The molecule has 1 saturated heterocycles. The van der Waals surface area contributed by atoms with Crippen LogP contribution in [0.3, 0.4) is 0 Å². The van der Waals surface area contributed by atoms with Crippen molar-refractivity contribution >= 4 is 17.7 Å². The smallest absolute Gasteiger partial charge is 0.248 e. The Bertz CT molecular complexity index is 670. The molecular formula is C22H32N2O4. The minimum Gasteiger partial charge on any atom is -0.372 e. The van der Waals surface area contributed by atoms with Crippen LogP contribution in [0, 0.1) is 5.92 Å². The second-order valence-electron chi connectivity index (χ2n) is 7.87. The van der Waals surface area contributed by atoms with Gasteiger partial charge in [0.25, 0.3) is 0 Å². The van der Waals surface area contributed by atoms with Crippen molar-refractivity contribution in [3.05, 3.63) is 35.4 Å².